The van der Waals surface area contributed by atoms with Crippen LogP contribution >= 0.6 is 11.3 Å². The standard InChI is InChI=1S/C19H23N3O4S2/c1-13-10-14(2)12-22(11-13)28(25,26)16-7-5-15(6-8-16)18(23)20-21-19(24)17-4-3-9-27-17/h3-9,13-14H,10-12H2,1-2H3,(H,20,23)(H,21,24)/t13-,14+. The maximum atomic E-state index is 12.9. The van der Waals surface area contributed by atoms with Crippen LogP contribution in [0.4, 0.5) is 0 Å². The van der Waals surface area contributed by atoms with Gasteiger partial charge in [0.25, 0.3) is 11.8 Å². The molecule has 1 aromatic carbocycles. The van der Waals surface area contributed by atoms with Crippen molar-refractivity contribution in [2.24, 2.45) is 11.8 Å². The zero-order valence-corrected chi connectivity index (χ0v) is 17.3. The normalized spacial score (nSPS) is 20.5. The SMILES string of the molecule is C[C@@H]1C[C@H](C)CN(S(=O)(=O)c2ccc(C(=O)NNC(=O)c3cccs3)cc2)C1. The van der Waals surface area contributed by atoms with Crippen molar-refractivity contribution >= 4 is 33.2 Å². The van der Waals surface area contributed by atoms with E-state index in [0.717, 1.165) is 6.42 Å². The third kappa shape index (κ3) is 4.60. The van der Waals surface area contributed by atoms with Crippen molar-refractivity contribution in [3.63, 3.8) is 0 Å². The topological polar surface area (TPSA) is 95.6 Å². The fourth-order valence-electron chi connectivity index (χ4n) is 3.38. The smallest absolute Gasteiger partial charge is 0.267 e. The summed E-state index contributed by atoms with van der Waals surface area (Å²) >= 11 is 1.26. The fourth-order valence-corrected chi connectivity index (χ4v) is 5.68. The second-order valence-electron chi connectivity index (χ2n) is 7.18. The number of rotatable bonds is 4. The van der Waals surface area contributed by atoms with E-state index in [-0.39, 0.29) is 10.5 Å². The highest BCUT2D eigenvalue weighted by molar-refractivity contribution is 7.89. The first-order valence-electron chi connectivity index (χ1n) is 9.01. The van der Waals surface area contributed by atoms with Gasteiger partial charge in [0.1, 0.15) is 0 Å². The number of hydrazine groups is 1. The third-order valence-corrected chi connectivity index (χ3v) is 7.34. The van der Waals surface area contributed by atoms with Gasteiger partial charge in [-0.05, 0) is 54.0 Å². The van der Waals surface area contributed by atoms with Gasteiger partial charge in [-0.15, -0.1) is 11.3 Å². The Kier molecular flexibility index (Phi) is 6.17. The number of thiophene rings is 1. The number of hydrogen-bond acceptors (Lipinski definition) is 5. The molecule has 0 aliphatic carbocycles. The van der Waals surface area contributed by atoms with Crippen molar-refractivity contribution in [2.75, 3.05) is 13.1 Å². The van der Waals surface area contributed by atoms with Crippen molar-refractivity contribution in [1.82, 2.24) is 15.2 Å². The minimum atomic E-state index is -3.59. The summed E-state index contributed by atoms with van der Waals surface area (Å²) in [6.07, 6.45) is 1.02. The van der Waals surface area contributed by atoms with Crippen LogP contribution in [0.3, 0.4) is 0 Å². The molecule has 0 spiro atoms. The summed E-state index contributed by atoms with van der Waals surface area (Å²) < 4.78 is 27.3. The molecule has 0 unspecified atom stereocenters. The average Bonchev–Trinajstić information content (AvgIpc) is 3.20. The van der Waals surface area contributed by atoms with E-state index >= 15 is 0 Å². The Morgan fingerprint density at radius 1 is 1.00 bits per heavy atom. The highest BCUT2D eigenvalue weighted by atomic mass is 32.2. The number of carbonyl (C=O) groups is 2. The van der Waals surface area contributed by atoms with Gasteiger partial charge >= 0.3 is 0 Å². The van der Waals surface area contributed by atoms with Crippen molar-refractivity contribution in [2.45, 2.75) is 25.2 Å². The predicted octanol–water partition coefficient (Wildman–Crippen LogP) is 2.49. The number of amides is 2. The monoisotopic (exact) mass is 421 g/mol. The largest absolute Gasteiger partial charge is 0.279 e. The van der Waals surface area contributed by atoms with Crippen LogP contribution in [0, 0.1) is 11.8 Å². The van der Waals surface area contributed by atoms with Gasteiger partial charge in [0.15, 0.2) is 0 Å². The van der Waals surface area contributed by atoms with Gasteiger partial charge in [-0.1, -0.05) is 19.9 Å². The molecule has 9 heteroatoms. The molecule has 2 atom stereocenters. The molecule has 0 bridgehead atoms. The number of piperidine rings is 1. The van der Waals surface area contributed by atoms with E-state index < -0.39 is 21.8 Å². The maximum Gasteiger partial charge on any atom is 0.279 e. The number of hydrogen-bond donors (Lipinski definition) is 2. The minimum absolute atomic E-state index is 0.160. The lowest BCUT2D eigenvalue weighted by molar-refractivity contribution is 0.0849. The van der Waals surface area contributed by atoms with Gasteiger partial charge in [0, 0.05) is 18.7 Å². The maximum absolute atomic E-state index is 12.9. The lowest BCUT2D eigenvalue weighted by Gasteiger charge is -2.34. The summed E-state index contributed by atoms with van der Waals surface area (Å²) in [5, 5.41) is 1.76. The molecule has 2 N–H and O–H groups in total. The van der Waals surface area contributed by atoms with Gasteiger partial charge in [0.2, 0.25) is 10.0 Å². The van der Waals surface area contributed by atoms with Crippen LogP contribution < -0.4 is 10.9 Å². The van der Waals surface area contributed by atoms with E-state index in [4.69, 9.17) is 0 Å². The van der Waals surface area contributed by atoms with Crippen molar-refractivity contribution in [1.29, 1.82) is 0 Å². The van der Waals surface area contributed by atoms with E-state index in [9.17, 15) is 18.0 Å². The molecule has 1 saturated heterocycles. The zero-order chi connectivity index (χ0) is 20.3. The first-order valence-corrected chi connectivity index (χ1v) is 11.3. The molecule has 0 radical (unpaired) electrons. The summed E-state index contributed by atoms with van der Waals surface area (Å²) in [4.78, 5) is 24.7. The van der Waals surface area contributed by atoms with E-state index in [0.29, 0.717) is 29.8 Å². The molecule has 2 amide bonds. The number of benzene rings is 1. The van der Waals surface area contributed by atoms with Crippen molar-refractivity contribution < 1.29 is 18.0 Å². The van der Waals surface area contributed by atoms with E-state index in [2.05, 4.69) is 24.7 Å². The quantitative estimate of drug-likeness (QED) is 0.742. The molecule has 2 heterocycles. The lowest BCUT2D eigenvalue weighted by Crippen LogP contribution is -2.42. The molecule has 0 saturated carbocycles. The molecular weight excluding hydrogens is 398 g/mol. The summed E-state index contributed by atoms with van der Waals surface area (Å²) in [7, 11) is -3.59. The molecule has 2 aromatic rings. The summed E-state index contributed by atoms with van der Waals surface area (Å²) in [6.45, 7) is 5.11. The van der Waals surface area contributed by atoms with Gasteiger partial charge in [-0.25, -0.2) is 8.42 Å². The number of nitrogens with one attached hydrogen (secondary N) is 2. The Labute approximate surface area is 168 Å². The Balaban J connectivity index is 1.65. The summed E-state index contributed by atoms with van der Waals surface area (Å²) in [6, 6.07) is 9.12. The fraction of sp³-hybridized carbons (Fsp3) is 0.368. The first kappa shape index (κ1) is 20.5. The highest BCUT2D eigenvalue weighted by Crippen LogP contribution is 2.26. The molecule has 150 valence electrons. The predicted molar refractivity (Wildman–Crippen MR) is 107 cm³/mol. The number of carbonyl (C=O) groups excluding carboxylic acids is 2. The van der Waals surface area contributed by atoms with Crippen LogP contribution in [0.25, 0.3) is 0 Å². The molecule has 1 fully saturated rings. The Morgan fingerprint density at radius 3 is 2.18 bits per heavy atom. The summed E-state index contributed by atoms with van der Waals surface area (Å²) in [5.74, 6) is -0.295. The van der Waals surface area contributed by atoms with Crippen LogP contribution in [-0.4, -0.2) is 37.6 Å². The molecule has 1 aliphatic heterocycles. The van der Waals surface area contributed by atoms with E-state index in [1.165, 1.54) is 39.9 Å². The van der Waals surface area contributed by atoms with Crippen molar-refractivity contribution in [3.05, 3.63) is 52.2 Å². The van der Waals surface area contributed by atoms with Gasteiger partial charge < -0.3 is 0 Å². The molecule has 28 heavy (non-hydrogen) atoms. The average molecular weight is 422 g/mol. The van der Waals surface area contributed by atoms with E-state index in [1.54, 1.807) is 17.5 Å². The van der Waals surface area contributed by atoms with Gasteiger partial charge in [0.05, 0.1) is 9.77 Å². The Bertz CT molecular complexity index is 930. The Morgan fingerprint density at radius 2 is 1.61 bits per heavy atom. The molecule has 3 rings (SSSR count). The zero-order valence-electron chi connectivity index (χ0n) is 15.7. The number of nitrogens with zero attached hydrogens (tertiary/aromatic N) is 1. The van der Waals surface area contributed by atoms with Gasteiger partial charge in [-0.2, -0.15) is 4.31 Å². The van der Waals surface area contributed by atoms with Crippen LogP contribution in [0.5, 0.6) is 0 Å². The minimum Gasteiger partial charge on any atom is -0.267 e. The molecule has 1 aliphatic rings. The van der Waals surface area contributed by atoms with Crippen LogP contribution in [0.2, 0.25) is 0 Å². The molecule has 7 nitrogen and oxygen atoms in total. The van der Waals surface area contributed by atoms with Crippen LogP contribution in [-0.2, 0) is 10.0 Å². The van der Waals surface area contributed by atoms with E-state index in [1.807, 2.05) is 0 Å². The van der Waals surface area contributed by atoms with Crippen LogP contribution in [0.15, 0.2) is 46.7 Å². The van der Waals surface area contributed by atoms with Crippen LogP contribution in [0.1, 0.15) is 40.3 Å². The van der Waals surface area contributed by atoms with Gasteiger partial charge in [-0.3, -0.25) is 20.4 Å². The van der Waals surface area contributed by atoms with Crippen molar-refractivity contribution in [3.8, 4) is 0 Å². The second kappa shape index (κ2) is 8.42. The summed E-state index contributed by atoms with van der Waals surface area (Å²) in [5.41, 5.74) is 4.92. The lowest BCUT2D eigenvalue weighted by atomic mass is 9.94. The third-order valence-electron chi connectivity index (χ3n) is 4.62. The first-order chi connectivity index (χ1) is 13.3. The Hall–Kier alpha value is -2.23. The molecular formula is C19H23N3O4S2. The highest BCUT2D eigenvalue weighted by Gasteiger charge is 2.31. The number of sulfonamides is 1. The molecule has 1 aromatic heterocycles. The second-order valence-corrected chi connectivity index (χ2v) is 10.1.